The fourth-order valence-electron chi connectivity index (χ4n) is 4.58. The molecule has 0 atom stereocenters. The molecule has 0 aliphatic heterocycles. The van der Waals surface area contributed by atoms with E-state index in [0.717, 1.165) is 45.5 Å². The van der Waals surface area contributed by atoms with Gasteiger partial charge in [0.2, 0.25) is 0 Å². The molecule has 3 heteroatoms. The summed E-state index contributed by atoms with van der Waals surface area (Å²) in [7, 11) is 0. The summed E-state index contributed by atoms with van der Waals surface area (Å²) in [6.45, 7) is 11.2. The van der Waals surface area contributed by atoms with Crippen molar-refractivity contribution in [3.05, 3.63) is 84.5 Å². The third-order valence-corrected chi connectivity index (χ3v) is 6.14. The average molecular weight is 435 g/mol. The standard InChI is InChI=1S/C30H30N2O/c1-19(2)12-23-16-25-26(17-31-18-29(25)33-23)21-10-11-32-28(15-21)22-13-20-8-6-7-9-24(20)27(14-22)30(3,4)5/h6-11,13-19H,12H2,1-5H3. The van der Waals surface area contributed by atoms with Gasteiger partial charge in [-0.05, 0) is 63.6 Å². The summed E-state index contributed by atoms with van der Waals surface area (Å²) in [5.41, 5.74) is 6.47. The van der Waals surface area contributed by atoms with Crippen LogP contribution in [0.4, 0.5) is 0 Å². The molecular formula is C30H30N2O. The second-order valence-electron chi connectivity index (χ2n) is 10.3. The molecule has 3 heterocycles. The number of nitrogens with zero attached hydrogens (tertiary/aromatic N) is 2. The van der Waals surface area contributed by atoms with Crippen LogP contribution in [-0.4, -0.2) is 9.97 Å². The Labute approximate surface area is 195 Å². The Bertz CT molecular complexity index is 1450. The summed E-state index contributed by atoms with van der Waals surface area (Å²) in [6, 6.07) is 19.5. The lowest BCUT2D eigenvalue weighted by atomic mass is 9.82. The van der Waals surface area contributed by atoms with Gasteiger partial charge in [-0.1, -0.05) is 58.9 Å². The number of furan rings is 1. The molecule has 0 aliphatic rings. The largest absolute Gasteiger partial charge is 0.459 e. The third kappa shape index (κ3) is 4.16. The van der Waals surface area contributed by atoms with Crippen molar-refractivity contribution in [1.29, 1.82) is 0 Å². The first-order chi connectivity index (χ1) is 15.8. The highest BCUT2D eigenvalue weighted by molar-refractivity contribution is 5.95. The van der Waals surface area contributed by atoms with Crippen molar-refractivity contribution in [2.45, 2.75) is 46.5 Å². The van der Waals surface area contributed by atoms with Crippen molar-refractivity contribution >= 4 is 21.7 Å². The van der Waals surface area contributed by atoms with Gasteiger partial charge in [-0.15, -0.1) is 0 Å². The van der Waals surface area contributed by atoms with E-state index in [0.29, 0.717) is 5.92 Å². The molecule has 33 heavy (non-hydrogen) atoms. The first-order valence-corrected chi connectivity index (χ1v) is 11.7. The maximum Gasteiger partial charge on any atom is 0.153 e. The molecule has 0 saturated carbocycles. The third-order valence-electron chi connectivity index (χ3n) is 6.14. The van der Waals surface area contributed by atoms with E-state index >= 15 is 0 Å². The number of hydrogen-bond acceptors (Lipinski definition) is 3. The Balaban J connectivity index is 1.64. The second-order valence-corrected chi connectivity index (χ2v) is 10.3. The number of rotatable bonds is 4. The number of hydrogen-bond donors (Lipinski definition) is 0. The maximum atomic E-state index is 6.08. The molecule has 0 N–H and O–H groups in total. The van der Waals surface area contributed by atoms with Crippen LogP contribution in [0.5, 0.6) is 0 Å². The Morgan fingerprint density at radius 3 is 2.48 bits per heavy atom. The number of aromatic nitrogens is 2. The van der Waals surface area contributed by atoms with E-state index in [4.69, 9.17) is 9.40 Å². The van der Waals surface area contributed by atoms with Crippen molar-refractivity contribution in [3.63, 3.8) is 0 Å². The van der Waals surface area contributed by atoms with Crippen molar-refractivity contribution in [2.75, 3.05) is 0 Å². The van der Waals surface area contributed by atoms with Crippen LogP contribution in [-0.2, 0) is 11.8 Å². The maximum absolute atomic E-state index is 6.08. The van der Waals surface area contributed by atoms with Crippen molar-refractivity contribution < 1.29 is 4.42 Å². The van der Waals surface area contributed by atoms with Gasteiger partial charge in [-0.2, -0.15) is 0 Å². The smallest absolute Gasteiger partial charge is 0.153 e. The molecule has 0 bridgehead atoms. The fourth-order valence-corrected chi connectivity index (χ4v) is 4.58. The SMILES string of the molecule is CC(C)Cc1cc2c(-c3ccnc(-c4cc(C(C)(C)C)c5ccccc5c4)c3)cncc2o1. The van der Waals surface area contributed by atoms with E-state index in [9.17, 15) is 0 Å². The average Bonchev–Trinajstić information content (AvgIpc) is 3.19. The van der Waals surface area contributed by atoms with Gasteiger partial charge in [-0.25, -0.2) is 0 Å². The zero-order chi connectivity index (χ0) is 23.2. The molecule has 0 radical (unpaired) electrons. The second kappa shape index (κ2) is 8.15. The Morgan fingerprint density at radius 2 is 1.70 bits per heavy atom. The van der Waals surface area contributed by atoms with Crippen LogP contribution in [0.2, 0.25) is 0 Å². The van der Waals surface area contributed by atoms with Gasteiger partial charge in [0.05, 0.1) is 11.9 Å². The zero-order valence-corrected chi connectivity index (χ0v) is 20.0. The summed E-state index contributed by atoms with van der Waals surface area (Å²) in [6.07, 6.45) is 6.55. The molecule has 3 aromatic heterocycles. The molecule has 0 fully saturated rings. The van der Waals surface area contributed by atoms with Crippen LogP contribution in [0.1, 0.15) is 45.9 Å². The molecule has 0 spiro atoms. The fraction of sp³-hybridized carbons (Fsp3) is 0.267. The molecule has 0 unspecified atom stereocenters. The van der Waals surface area contributed by atoms with Gasteiger partial charge < -0.3 is 4.42 Å². The van der Waals surface area contributed by atoms with E-state index in [1.807, 2.05) is 18.6 Å². The van der Waals surface area contributed by atoms with E-state index in [-0.39, 0.29) is 5.41 Å². The number of pyridine rings is 2. The van der Waals surface area contributed by atoms with Crippen molar-refractivity contribution in [1.82, 2.24) is 9.97 Å². The van der Waals surface area contributed by atoms with Crippen LogP contribution in [0.15, 0.2) is 77.6 Å². The van der Waals surface area contributed by atoms with E-state index in [1.165, 1.54) is 16.3 Å². The summed E-state index contributed by atoms with van der Waals surface area (Å²) in [5.74, 6) is 1.55. The molecule has 0 saturated heterocycles. The highest BCUT2D eigenvalue weighted by Crippen LogP contribution is 2.36. The summed E-state index contributed by atoms with van der Waals surface area (Å²) in [5, 5.41) is 3.64. The lowest BCUT2D eigenvalue weighted by Gasteiger charge is -2.22. The highest BCUT2D eigenvalue weighted by atomic mass is 16.3. The van der Waals surface area contributed by atoms with Gasteiger partial charge in [0.1, 0.15) is 5.76 Å². The molecular weight excluding hydrogens is 404 g/mol. The van der Waals surface area contributed by atoms with Crippen molar-refractivity contribution in [3.8, 4) is 22.4 Å². The summed E-state index contributed by atoms with van der Waals surface area (Å²) in [4.78, 5) is 9.20. The molecule has 0 amide bonds. The number of benzene rings is 2. The lowest BCUT2D eigenvalue weighted by molar-refractivity contribution is 0.499. The minimum Gasteiger partial charge on any atom is -0.459 e. The van der Waals surface area contributed by atoms with Crippen molar-refractivity contribution in [2.24, 2.45) is 5.92 Å². The van der Waals surface area contributed by atoms with E-state index < -0.39 is 0 Å². The Morgan fingerprint density at radius 1 is 0.879 bits per heavy atom. The van der Waals surface area contributed by atoms with Gasteiger partial charge in [0.15, 0.2) is 5.58 Å². The van der Waals surface area contributed by atoms with Gasteiger partial charge in [0, 0.05) is 35.3 Å². The Hall–Kier alpha value is -3.46. The zero-order valence-electron chi connectivity index (χ0n) is 20.0. The van der Waals surface area contributed by atoms with E-state index in [1.54, 1.807) is 0 Å². The van der Waals surface area contributed by atoms with Gasteiger partial charge >= 0.3 is 0 Å². The van der Waals surface area contributed by atoms with Crippen LogP contribution in [0, 0.1) is 5.92 Å². The first kappa shape index (κ1) is 21.4. The minimum atomic E-state index is 0.0341. The summed E-state index contributed by atoms with van der Waals surface area (Å²) < 4.78 is 6.08. The topological polar surface area (TPSA) is 38.9 Å². The molecule has 2 aromatic carbocycles. The molecule has 5 rings (SSSR count). The lowest BCUT2D eigenvalue weighted by Crippen LogP contribution is -2.12. The van der Waals surface area contributed by atoms with Gasteiger partial charge in [0.25, 0.3) is 0 Å². The van der Waals surface area contributed by atoms with E-state index in [2.05, 4.69) is 94.2 Å². The molecule has 0 aliphatic carbocycles. The predicted octanol–water partition coefficient (Wildman–Crippen LogP) is 8.21. The van der Waals surface area contributed by atoms with Crippen LogP contribution in [0.3, 0.4) is 0 Å². The number of fused-ring (bicyclic) bond motifs is 2. The molecule has 5 aromatic rings. The molecule has 166 valence electrons. The Kier molecular flexibility index (Phi) is 5.28. The normalized spacial score (nSPS) is 12.2. The van der Waals surface area contributed by atoms with Crippen LogP contribution in [0.25, 0.3) is 44.1 Å². The quantitative estimate of drug-likeness (QED) is 0.286. The van der Waals surface area contributed by atoms with Crippen LogP contribution >= 0.6 is 0 Å². The predicted molar refractivity (Wildman–Crippen MR) is 137 cm³/mol. The minimum absolute atomic E-state index is 0.0341. The summed E-state index contributed by atoms with van der Waals surface area (Å²) >= 11 is 0. The van der Waals surface area contributed by atoms with Gasteiger partial charge in [-0.3, -0.25) is 9.97 Å². The van der Waals surface area contributed by atoms with Crippen LogP contribution < -0.4 is 0 Å². The first-order valence-electron chi connectivity index (χ1n) is 11.7. The highest BCUT2D eigenvalue weighted by Gasteiger charge is 2.19. The molecule has 3 nitrogen and oxygen atoms in total. The monoisotopic (exact) mass is 434 g/mol.